The molecule has 0 unspecified atom stereocenters. The van der Waals surface area contributed by atoms with Gasteiger partial charge in [0, 0.05) is 13.8 Å². The number of nitrogens with two attached hydrogens (primary N) is 1. The third kappa shape index (κ3) is 7.65. The topological polar surface area (TPSA) is 301 Å². The lowest BCUT2D eigenvalue weighted by Gasteiger charge is -2.49. The average Bonchev–Trinajstić information content (AvgIpc) is 2.91. The summed E-state index contributed by atoms with van der Waals surface area (Å²) in [5.41, 5.74) is 0. The molecule has 2 amide bonds. The SMILES string of the molecule is CC(=O)N[C@@H]1[C@@H](O)[C@H](O[C@@H]2O[C@H](CO)[C@@H](O[C@@H]3O[C@H](CO)[C@@H](O)[C@H](O)[C@@H]3O)[C@H](O)[C@H]2NC(C)=O)[C@@H](CON)O[C@H]1O. The molecular formula is C22H39N3O16. The second kappa shape index (κ2) is 14.7. The molecule has 238 valence electrons. The van der Waals surface area contributed by atoms with E-state index in [1.165, 1.54) is 0 Å². The third-order valence-electron chi connectivity index (χ3n) is 6.98. The molecular weight excluding hydrogens is 562 g/mol. The van der Waals surface area contributed by atoms with Crippen molar-refractivity contribution in [2.24, 2.45) is 5.90 Å². The maximum atomic E-state index is 12.0. The van der Waals surface area contributed by atoms with Crippen LogP contribution in [0, 0.1) is 0 Å². The molecule has 15 atom stereocenters. The molecule has 3 fully saturated rings. The van der Waals surface area contributed by atoms with E-state index in [0.29, 0.717) is 0 Å². The highest BCUT2D eigenvalue weighted by Gasteiger charge is 2.54. The summed E-state index contributed by atoms with van der Waals surface area (Å²) >= 11 is 0. The van der Waals surface area contributed by atoms with Crippen molar-refractivity contribution in [3.8, 4) is 0 Å². The zero-order valence-electron chi connectivity index (χ0n) is 22.2. The first kappa shape index (κ1) is 33.8. The smallest absolute Gasteiger partial charge is 0.217 e. The highest BCUT2D eigenvalue weighted by Crippen LogP contribution is 2.32. The first-order chi connectivity index (χ1) is 19.3. The number of hydrogen-bond acceptors (Lipinski definition) is 17. The van der Waals surface area contributed by atoms with Crippen LogP contribution in [0.25, 0.3) is 0 Å². The molecule has 0 radical (unpaired) electrons. The van der Waals surface area contributed by atoms with Gasteiger partial charge in [-0.1, -0.05) is 0 Å². The van der Waals surface area contributed by atoms with Crippen molar-refractivity contribution in [1.82, 2.24) is 10.6 Å². The van der Waals surface area contributed by atoms with E-state index in [1.54, 1.807) is 0 Å². The molecule has 3 rings (SSSR count). The minimum absolute atomic E-state index is 0.419. The summed E-state index contributed by atoms with van der Waals surface area (Å²) in [6, 6.07) is -2.85. The Morgan fingerprint density at radius 1 is 0.683 bits per heavy atom. The molecule has 19 heteroatoms. The molecule has 0 aliphatic carbocycles. The normalized spacial score (nSPS) is 45.2. The van der Waals surface area contributed by atoms with Crippen molar-refractivity contribution in [3.63, 3.8) is 0 Å². The van der Waals surface area contributed by atoms with E-state index in [2.05, 4.69) is 15.5 Å². The summed E-state index contributed by atoms with van der Waals surface area (Å²) in [6.45, 7) is 0.257. The third-order valence-corrected chi connectivity index (χ3v) is 6.98. The maximum absolute atomic E-state index is 12.0. The Hall–Kier alpha value is -1.66. The van der Waals surface area contributed by atoms with E-state index in [9.17, 15) is 50.4 Å². The van der Waals surface area contributed by atoms with Gasteiger partial charge in [0.25, 0.3) is 0 Å². The summed E-state index contributed by atoms with van der Waals surface area (Å²) in [6.07, 6.45) is -20.8. The lowest BCUT2D eigenvalue weighted by molar-refractivity contribution is -0.361. The fourth-order valence-electron chi connectivity index (χ4n) is 4.95. The van der Waals surface area contributed by atoms with Crippen molar-refractivity contribution in [2.75, 3.05) is 19.8 Å². The molecule has 0 saturated carbocycles. The summed E-state index contributed by atoms with van der Waals surface area (Å²) < 4.78 is 28.0. The quantitative estimate of drug-likeness (QED) is 0.104. The van der Waals surface area contributed by atoms with Gasteiger partial charge in [-0.05, 0) is 0 Å². The summed E-state index contributed by atoms with van der Waals surface area (Å²) in [5, 5.41) is 87.1. The zero-order valence-corrected chi connectivity index (χ0v) is 22.2. The van der Waals surface area contributed by atoms with Gasteiger partial charge in [-0.3, -0.25) is 9.59 Å². The molecule has 0 bridgehead atoms. The van der Waals surface area contributed by atoms with Crippen LogP contribution in [0.1, 0.15) is 13.8 Å². The Morgan fingerprint density at radius 3 is 1.76 bits per heavy atom. The molecule has 0 aromatic rings. The van der Waals surface area contributed by atoms with Gasteiger partial charge >= 0.3 is 0 Å². The van der Waals surface area contributed by atoms with Gasteiger partial charge in [0.05, 0.1) is 19.8 Å². The Morgan fingerprint density at radius 2 is 1.20 bits per heavy atom. The van der Waals surface area contributed by atoms with Crippen molar-refractivity contribution in [1.29, 1.82) is 0 Å². The van der Waals surface area contributed by atoms with Gasteiger partial charge in [0.2, 0.25) is 11.8 Å². The number of carbonyl (C=O) groups excluding carboxylic acids is 2. The molecule has 3 heterocycles. The second-order valence-electron chi connectivity index (χ2n) is 9.96. The maximum Gasteiger partial charge on any atom is 0.217 e. The second-order valence-corrected chi connectivity index (χ2v) is 9.96. The molecule has 41 heavy (non-hydrogen) atoms. The van der Waals surface area contributed by atoms with E-state index < -0.39 is 124 Å². The lowest BCUT2D eigenvalue weighted by atomic mass is 9.94. The number of hydrogen-bond donors (Lipinski definition) is 11. The Labute approximate surface area is 233 Å². The summed E-state index contributed by atoms with van der Waals surface area (Å²) in [5.74, 6) is 3.86. The minimum Gasteiger partial charge on any atom is -0.394 e. The summed E-state index contributed by atoms with van der Waals surface area (Å²) in [4.78, 5) is 28.2. The number of carbonyl (C=O) groups is 2. The fraction of sp³-hybridized carbons (Fsp3) is 0.909. The van der Waals surface area contributed by atoms with Crippen molar-refractivity contribution < 1.29 is 79.0 Å². The van der Waals surface area contributed by atoms with Crippen LogP contribution in [0.5, 0.6) is 0 Å². The van der Waals surface area contributed by atoms with Crippen molar-refractivity contribution in [3.05, 3.63) is 0 Å². The van der Waals surface area contributed by atoms with Gasteiger partial charge in [-0.25, -0.2) is 5.90 Å². The number of ether oxygens (including phenoxy) is 5. The van der Waals surface area contributed by atoms with Gasteiger partial charge in [0.15, 0.2) is 18.9 Å². The molecule has 19 nitrogen and oxygen atoms in total. The van der Waals surface area contributed by atoms with E-state index in [4.69, 9.17) is 29.6 Å². The number of nitrogens with one attached hydrogen (secondary N) is 2. The van der Waals surface area contributed by atoms with Gasteiger partial charge in [-0.2, -0.15) is 0 Å². The van der Waals surface area contributed by atoms with E-state index >= 15 is 0 Å². The molecule has 0 aromatic heterocycles. The van der Waals surface area contributed by atoms with Gasteiger partial charge in [0.1, 0.15) is 73.1 Å². The lowest BCUT2D eigenvalue weighted by Crippen LogP contribution is -2.70. The van der Waals surface area contributed by atoms with Crippen LogP contribution in [0.15, 0.2) is 0 Å². The average molecular weight is 602 g/mol. The Kier molecular flexibility index (Phi) is 12.1. The molecule has 0 aromatic carbocycles. The predicted molar refractivity (Wildman–Crippen MR) is 128 cm³/mol. The highest BCUT2D eigenvalue weighted by molar-refractivity contribution is 5.73. The number of aliphatic hydroxyl groups is 8. The van der Waals surface area contributed by atoms with Crippen molar-refractivity contribution >= 4 is 11.8 Å². The fourth-order valence-corrected chi connectivity index (χ4v) is 4.95. The van der Waals surface area contributed by atoms with Crippen LogP contribution in [0.3, 0.4) is 0 Å². The summed E-state index contributed by atoms with van der Waals surface area (Å²) in [7, 11) is 0. The van der Waals surface area contributed by atoms with Gasteiger partial charge < -0.3 is 80.0 Å². The van der Waals surface area contributed by atoms with Crippen molar-refractivity contribution in [2.45, 2.75) is 106 Å². The van der Waals surface area contributed by atoms with Crippen LogP contribution in [-0.2, 0) is 38.1 Å². The van der Waals surface area contributed by atoms with E-state index in [1.807, 2.05) is 0 Å². The van der Waals surface area contributed by atoms with Crippen LogP contribution < -0.4 is 16.5 Å². The molecule has 0 spiro atoms. The first-order valence-electron chi connectivity index (χ1n) is 12.8. The first-order valence-corrected chi connectivity index (χ1v) is 12.8. The van der Waals surface area contributed by atoms with Crippen LogP contribution in [0.4, 0.5) is 0 Å². The molecule has 3 aliphatic heterocycles. The van der Waals surface area contributed by atoms with E-state index in [-0.39, 0.29) is 0 Å². The highest BCUT2D eigenvalue weighted by atomic mass is 16.7. The standard InChI is InChI=1S/C22H39N3O16/c1-6(28)24-11-14(31)19(10(5-36-23)37-20(11)35)40-21-12(25-7(2)29)15(32)18(9(4-27)39-21)41-22-17(34)16(33)13(30)8(3-26)38-22/h8-22,26-27,30-35H,3-5,23H2,1-2H3,(H,24,28)(H,25,29)/t8-,9-,10-,11-,12-,13-,14-,15-,16+,17+,18-,19-,20-,21+,22+/m1/s1. The number of amides is 2. The minimum atomic E-state index is -1.85. The molecule has 3 aliphatic rings. The molecule has 3 saturated heterocycles. The number of aliphatic hydroxyl groups excluding tert-OH is 8. The van der Waals surface area contributed by atoms with Crippen LogP contribution >= 0.6 is 0 Å². The number of rotatable bonds is 10. The molecule has 12 N–H and O–H groups in total. The Bertz CT molecular complexity index is 871. The Balaban J connectivity index is 1.86. The monoisotopic (exact) mass is 601 g/mol. The van der Waals surface area contributed by atoms with E-state index in [0.717, 1.165) is 13.8 Å². The predicted octanol–water partition coefficient (Wildman–Crippen LogP) is -7.39. The largest absolute Gasteiger partial charge is 0.394 e. The van der Waals surface area contributed by atoms with Crippen LogP contribution in [-0.4, -0.2) is 164 Å². The zero-order chi connectivity index (χ0) is 30.6. The van der Waals surface area contributed by atoms with Gasteiger partial charge in [-0.15, -0.1) is 0 Å². The van der Waals surface area contributed by atoms with Crippen LogP contribution in [0.2, 0.25) is 0 Å².